The largest absolute Gasteiger partial charge is 0.495 e. The smallest absolute Gasteiger partial charge is 0.265 e. The maximum atomic E-state index is 12.3. The lowest BCUT2D eigenvalue weighted by atomic mass is 10.2. The molecule has 2 rings (SSSR count). The molecular formula is C13H15N3O3S. The van der Waals surface area contributed by atoms with Crippen molar-refractivity contribution in [2.24, 2.45) is 0 Å². The number of nitrogens with zero attached hydrogens (tertiary/aromatic N) is 1. The molecule has 106 valence electrons. The van der Waals surface area contributed by atoms with Gasteiger partial charge in [-0.3, -0.25) is 4.72 Å². The standard InChI is InChI=1S/C13H15N3O3S/c1-9-5-6-10(11(8-9)19-2)16-20(17,18)12-4-3-7-15-13(12)14/h3-8,16H,1-2H3,(H2,14,15). The molecule has 1 aromatic carbocycles. The van der Waals surface area contributed by atoms with Gasteiger partial charge in [-0.1, -0.05) is 6.07 Å². The van der Waals surface area contributed by atoms with E-state index < -0.39 is 10.0 Å². The highest BCUT2D eigenvalue weighted by Gasteiger charge is 2.19. The van der Waals surface area contributed by atoms with Gasteiger partial charge in [-0.15, -0.1) is 0 Å². The Morgan fingerprint density at radius 3 is 2.70 bits per heavy atom. The second-order valence-electron chi connectivity index (χ2n) is 4.20. The lowest BCUT2D eigenvalue weighted by molar-refractivity contribution is 0.416. The summed E-state index contributed by atoms with van der Waals surface area (Å²) >= 11 is 0. The molecular weight excluding hydrogens is 278 g/mol. The summed E-state index contributed by atoms with van der Waals surface area (Å²) < 4.78 is 32.2. The number of anilines is 2. The first-order valence-corrected chi connectivity index (χ1v) is 7.30. The van der Waals surface area contributed by atoms with E-state index in [0.29, 0.717) is 11.4 Å². The van der Waals surface area contributed by atoms with E-state index in [0.717, 1.165) is 5.56 Å². The Balaban J connectivity index is 2.41. The molecule has 0 spiro atoms. The Morgan fingerprint density at radius 1 is 1.30 bits per heavy atom. The summed E-state index contributed by atoms with van der Waals surface area (Å²) in [5.41, 5.74) is 6.91. The minimum atomic E-state index is -3.81. The molecule has 6 nitrogen and oxygen atoms in total. The van der Waals surface area contributed by atoms with Crippen molar-refractivity contribution in [2.75, 3.05) is 17.6 Å². The highest BCUT2D eigenvalue weighted by Crippen LogP contribution is 2.28. The van der Waals surface area contributed by atoms with Crippen LogP contribution in [-0.2, 0) is 10.0 Å². The van der Waals surface area contributed by atoms with Crippen LogP contribution in [0.25, 0.3) is 0 Å². The van der Waals surface area contributed by atoms with Gasteiger partial charge in [-0.05, 0) is 36.8 Å². The molecule has 0 bridgehead atoms. The van der Waals surface area contributed by atoms with Crippen molar-refractivity contribution in [3.63, 3.8) is 0 Å². The number of methoxy groups -OCH3 is 1. The van der Waals surface area contributed by atoms with Crippen molar-refractivity contribution in [3.8, 4) is 5.75 Å². The number of rotatable bonds is 4. The van der Waals surface area contributed by atoms with E-state index in [1.165, 1.54) is 25.4 Å². The number of sulfonamides is 1. The van der Waals surface area contributed by atoms with Gasteiger partial charge in [0.05, 0.1) is 12.8 Å². The summed E-state index contributed by atoms with van der Waals surface area (Å²) in [7, 11) is -2.33. The molecule has 0 aliphatic carbocycles. The van der Waals surface area contributed by atoms with Gasteiger partial charge in [0.25, 0.3) is 10.0 Å². The fourth-order valence-electron chi connectivity index (χ4n) is 1.71. The summed E-state index contributed by atoms with van der Waals surface area (Å²) in [5.74, 6) is 0.391. The summed E-state index contributed by atoms with van der Waals surface area (Å²) in [6, 6.07) is 8.07. The van der Waals surface area contributed by atoms with Gasteiger partial charge in [-0.2, -0.15) is 0 Å². The highest BCUT2D eigenvalue weighted by molar-refractivity contribution is 7.92. The molecule has 0 atom stereocenters. The number of ether oxygens (including phenoxy) is 1. The van der Waals surface area contributed by atoms with Crippen molar-refractivity contribution in [2.45, 2.75) is 11.8 Å². The van der Waals surface area contributed by atoms with E-state index in [9.17, 15) is 8.42 Å². The van der Waals surface area contributed by atoms with Crippen LogP contribution in [0.15, 0.2) is 41.4 Å². The minimum absolute atomic E-state index is 0.0499. The van der Waals surface area contributed by atoms with Gasteiger partial charge in [0, 0.05) is 6.20 Å². The van der Waals surface area contributed by atoms with Crippen molar-refractivity contribution in [1.82, 2.24) is 4.98 Å². The first kappa shape index (κ1) is 14.1. The fraction of sp³-hybridized carbons (Fsp3) is 0.154. The average molecular weight is 293 g/mol. The molecule has 0 saturated carbocycles. The Kier molecular flexibility index (Phi) is 3.80. The Labute approximate surface area is 117 Å². The summed E-state index contributed by atoms with van der Waals surface area (Å²) in [6.07, 6.45) is 1.43. The zero-order valence-electron chi connectivity index (χ0n) is 11.1. The third-order valence-electron chi connectivity index (χ3n) is 2.69. The van der Waals surface area contributed by atoms with Crippen LogP contribution in [0.5, 0.6) is 5.75 Å². The zero-order valence-corrected chi connectivity index (χ0v) is 11.9. The number of hydrogen-bond donors (Lipinski definition) is 2. The molecule has 0 unspecified atom stereocenters. The second kappa shape index (κ2) is 5.38. The van der Waals surface area contributed by atoms with Crippen molar-refractivity contribution in [3.05, 3.63) is 42.1 Å². The van der Waals surface area contributed by atoms with Gasteiger partial charge < -0.3 is 10.5 Å². The van der Waals surface area contributed by atoms with Crippen LogP contribution < -0.4 is 15.2 Å². The molecule has 0 amide bonds. The summed E-state index contributed by atoms with van der Waals surface area (Å²) in [6.45, 7) is 1.89. The SMILES string of the molecule is COc1cc(C)ccc1NS(=O)(=O)c1cccnc1N. The lowest BCUT2D eigenvalue weighted by Gasteiger charge is -2.13. The molecule has 3 N–H and O–H groups in total. The highest BCUT2D eigenvalue weighted by atomic mass is 32.2. The maximum absolute atomic E-state index is 12.3. The predicted octanol–water partition coefficient (Wildman–Crippen LogP) is 1.78. The number of benzene rings is 1. The fourth-order valence-corrected chi connectivity index (χ4v) is 2.87. The number of pyridine rings is 1. The Morgan fingerprint density at radius 2 is 2.05 bits per heavy atom. The molecule has 7 heteroatoms. The molecule has 0 saturated heterocycles. The van der Waals surface area contributed by atoms with Crippen LogP contribution in [0, 0.1) is 6.92 Å². The van der Waals surface area contributed by atoms with Crippen LogP contribution in [-0.4, -0.2) is 20.5 Å². The summed E-state index contributed by atoms with van der Waals surface area (Å²) in [5, 5.41) is 0. The molecule has 0 fully saturated rings. The van der Waals surface area contributed by atoms with Crippen molar-refractivity contribution < 1.29 is 13.2 Å². The van der Waals surface area contributed by atoms with Gasteiger partial charge in [-0.25, -0.2) is 13.4 Å². The number of nitrogens with two attached hydrogens (primary N) is 1. The van der Waals surface area contributed by atoms with Crippen molar-refractivity contribution >= 4 is 21.5 Å². The van der Waals surface area contributed by atoms with E-state index in [2.05, 4.69) is 9.71 Å². The molecule has 0 aliphatic rings. The van der Waals surface area contributed by atoms with E-state index in [1.54, 1.807) is 18.2 Å². The number of aryl methyl sites for hydroxylation is 1. The van der Waals surface area contributed by atoms with Crippen LogP contribution in [0.4, 0.5) is 11.5 Å². The minimum Gasteiger partial charge on any atom is -0.495 e. The average Bonchev–Trinajstić information content (AvgIpc) is 2.41. The molecule has 1 heterocycles. The van der Waals surface area contributed by atoms with Crippen LogP contribution in [0.2, 0.25) is 0 Å². The Hall–Kier alpha value is -2.28. The van der Waals surface area contributed by atoms with E-state index >= 15 is 0 Å². The zero-order chi connectivity index (χ0) is 14.8. The molecule has 0 aliphatic heterocycles. The van der Waals surface area contributed by atoms with Crippen molar-refractivity contribution in [1.29, 1.82) is 0 Å². The number of aromatic nitrogens is 1. The van der Waals surface area contributed by atoms with E-state index in [-0.39, 0.29) is 10.7 Å². The molecule has 2 aromatic rings. The lowest BCUT2D eigenvalue weighted by Crippen LogP contribution is -2.16. The maximum Gasteiger partial charge on any atom is 0.265 e. The quantitative estimate of drug-likeness (QED) is 0.896. The topological polar surface area (TPSA) is 94.3 Å². The molecule has 20 heavy (non-hydrogen) atoms. The third-order valence-corrected chi connectivity index (χ3v) is 4.10. The first-order valence-electron chi connectivity index (χ1n) is 5.82. The van der Waals surface area contributed by atoms with Gasteiger partial charge in [0.15, 0.2) is 0 Å². The van der Waals surface area contributed by atoms with Crippen LogP contribution in [0.3, 0.4) is 0 Å². The van der Waals surface area contributed by atoms with Gasteiger partial charge in [0.1, 0.15) is 16.5 Å². The van der Waals surface area contributed by atoms with Gasteiger partial charge >= 0.3 is 0 Å². The van der Waals surface area contributed by atoms with E-state index in [4.69, 9.17) is 10.5 Å². The number of hydrogen-bond acceptors (Lipinski definition) is 5. The van der Waals surface area contributed by atoms with E-state index in [1.807, 2.05) is 6.92 Å². The second-order valence-corrected chi connectivity index (χ2v) is 5.85. The first-order chi connectivity index (χ1) is 9.44. The number of nitrogens with one attached hydrogen (secondary N) is 1. The normalized spacial score (nSPS) is 11.1. The Bertz CT molecular complexity index is 729. The van der Waals surface area contributed by atoms with Crippen LogP contribution >= 0.6 is 0 Å². The third kappa shape index (κ3) is 2.83. The number of nitrogen functional groups attached to an aromatic ring is 1. The predicted molar refractivity (Wildman–Crippen MR) is 77.2 cm³/mol. The molecule has 1 aromatic heterocycles. The molecule has 0 radical (unpaired) electrons. The summed E-state index contributed by atoms with van der Waals surface area (Å²) in [4.78, 5) is 3.70. The van der Waals surface area contributed by atoms with Gasteiger partial charge in [0.2, 0.25) is 0 Å². The monoisotopic (exact) mass is 293 g/mol. The van der Waals surface area contributed by atoms with Crippen LogP contribution in [0.1, 0.15) is 5.56 Å².